The van der Waals surface area contributed by atoms with Gasteiger partial charge in [0, 0.05) is 71.2 Å². The summed E-state index contributed by atoms with van der Waals surface area (Å²) in [7, 11) is -7.45. The maximum absolute atomic E-state index is 4.85. The summed E-state index contributed by atoms with van der Waals surface area (Å²) in [6.45, 7) is 61.6. The Morgan fingerprint density at radius 1 is 0.480 bits per heavy atom. The molecule has 1 heterocycles. The van der Waals surface area contributed by atoms with Gasteiger partial charge in [0.2, 0.25) is 0 Å². The maximum atomic E-state index is 4.85. The molecular weight excluding hydrogens is 700 g/mol. The van der Waals surface area contributed by atoms with Crippen molar-refractivity contribution < 1.29 is 0 Å². The van der Waals surface area contributed by atoms with E-state index < -0.39 is 48.4 Å². The van der Waals surface area contributed by atoms with Gasteiger partial charge < -0.3 is 9.62 Å². The molecule has 0 aliphatic carbocycles. The Kier molecular flexibility index (Phi) is 12.4. The van der Waals surface area contributed by atoms with Crippen LogP contribution in [0.4, 0.5) is 11.4 Å². The first-order chi connectivity index (χ1) is 22.2. The molecule has 2 nitrogen and oxygen atoms in total. The number of rotatable bonds is 11. The molecule has 0 atom stereocenters. The Bertz CT molecular complexity index is 1500. The van der Waals surface area contributed by atoms with E-state index in [9.17, 15) is 0 Å². The first-order valence-corrected chi connectivity index (χ1v) is 40.7. The van der Waals surface area contributed by atoms with Crippen molar-refractivity contribution in [2.24, 2.45) is 0 Å². The van der Waals surface area contributed by atoms with Gasteiger partial charge in [0.05, 0.1) is 0 Å². The van der Waals surface area contributed by atoms with Crippen LogP contribution in [0.3, 0.4) is 0 Å². The van der Waals surface area contributed by atoms with Gasteiger partial charge in [-0.2, -0.15) is 0 Å². The second-order valence-corrected chi connectivity index (χ2v) is 56.0. The maximum Gasteiger partial charge on any atom is 0.401 e. The third-order valence-corrected chi connectivity index (χ3v) is 38.6. The normalized spacial score (nSPS) is 15.8. The molecule has 50 heavy (non-hydrogen) atoms. The molecule has 0 bridgehead atoms. The van der Waals surface area contributed by atoms with Crippen molar-refractivity contribution in [2.45, 2.75) is 161 Å². The molecule has 1 aliphatic rings. The van der Waals surface area contributed by atoms with Crippen LogP contribution >= 0.6 is 0 Å². The van der Waals surface area contributed by atoms with Crippen LogP contribution in [-0.2, 0) is 0 Å². The van der Waals surface area contributed by atoms with E-state index in [4.69, 9.17) is 6.58 Å². The molecule has 0 aromatic heterocycles. The summed E-state index contributed by atoms with van der Waals surface area (Å²) >= 11 is 0. The average Bonchev–Trinajstić information content (AvgIpc) is 2.80. The molecule has 1 radical (unpaired) electrons. The number of hydrogen-bond donors (Lipinski definition) is 0. The lowest BCUT2D eigenvalue weighted by molar-refractivity contribution is 1.04. The van der Waals surface area contributed by atoms with Crippen LogP contribution in [0.2, 0.25) is 118 Å². The van der Waals surface area contributed by atoms with Crippen molar-refractivity contribution >= 4 is 67.4 Å². The zero-order valence-corrected chi connectivity index (χ0v) is 42.8. The molecule has 0 fully saturated rings. The number of nitrogens with zero attached hydrogens (tertiary/aromatic N) is 2. The molecule has 0 unspecified atom stereocenters. The minimum atomic E-state index is -1.69. The zero-order chi connectivity index (χ0) is 38.9. The molecule has 9 heteroatoms. The summed E-state index contributed by atoms with van der Waals surface area (Å²) in [6, 6.07) is 10.3. The first kappa shape index (κ1) is 43.3. The van der Waals surface area contributed by atoms with Gasteiger partial charge in [-0.3, -0.25) is 0 Å². The van der Waals surface area contributed by atoms with Crippen molar-refractivity contribution in [1.82, 2.24) is 0 Å². The molecule has 3 rings (SSSR count). The predicted molar refractivity (Wildman–Crippen MR) is 249 cm³/mol. The topological polar surface area (TPSA) is 6.48 Å². The van der Waals surface area contributed by atoms with E-state index in [1.807, 2.05) is 0 Å². The zero-order valence-electron chi connectivity index (χ0n) is 36.8. The van der Waals surface area contributed by atoms with Gasteiger partial charge in [0.15, 0.2) is 0 Å². The van der Waals surface area contributed by atoms with E-state index in [1.54, 1.807) is 16.7 Å². The minimum Gasteiger partial charge on any atom is -0.372 e. The van der Waals surface area contributed by atoms with Crippen LogP contribution in [0.1, 0.15) is 55.8 Å². The van der Waals surface area contributed by atoms with E-state index >= 15 is 0 Å². The van der Waals surface area contributed by atoms with Crippen LogP contribution in [0.5, 0.6) is 0 Å². The van der Waals surface area contributed by atoms with E-state index in [-0.39, 0.29) is 0 Å². The Balaban J connectivity index is 2.69. The number of benzene rings is 2. The predicted octanol–water partition coefficient (Wildman–Crippen LogP) is 13.4. The summed E-state index contributed by atoms with van der Waals surface area (Å²) < 4.78 is 0. The van der Waals surface area contributed by atoms with Gasteiger partial charge in [0.1, 0.15) is 0 Å². The quantitative estimate of drug-likeness (QED) is 0.210. The van der Waals surface area contributed by atoms with E-state index in [2.05, 4.69) is 193 Å². The van der Waals surface area contributed by atoms with Crippen molar-refractivity contribution in [3.8, 4) is 0 Å². The van der Waals surface area contributed by atoms with Crippen LogP contribution < -0.4 is 9.62 Å². The summed E-state index contributed by atoms with van der Waals surface area (Å²) in [5.41, 5.74) is 14.1. The molecule has 0 saturated heterocycles. The van der Waals surface area contributed by atoms with Crippen molar-refractivity contribution in [2.75, 3.05) is 9.62 Å². The number of anilines is 2. The molecule has 1 aliphatic heterocycles. The summed E-state index contributed by atoms with van der Waals surface area (Å²) in [5.74, 6) is 0. The van der Waals surface area contributed by atoms with Gasteiger partial charge in [-0.25, -0.2) is 0 Å². The SMILES string of the molecule is C=C1C=C(C)N(c2c(C)cc(C)cc2C)[B]N1c1c(C([Si](C)(C)C)[Si](C)(C)C)cc(C([Si](C)(C)C)[Si](C)(C)C)cc1C([Si](C)(C)C)[Si](C)(C)C. The number of aryl methyl sites for hydroxylation is 3. The molecular formula is C41H76BN2Si6. The van der Waals surface area contributed by atoms with Crippen molar-refractivity contribution in [3.63, 3.8) is 0 Å². The van der Waals surface area contributed by atoms with Gasteiger partial charge in [-0.1, -0.05) is 154 Å². The van der Waals surface area contributed by atoms with Crippen LogP contribution in [0.15, 0.2) is 48.3 Å². The number of allylic oxidation sites excluding steroid dienone is 2. The molecule has 2 aromatic rings. The van der Waals surface area contributed by atoms with E-state index in [1.165, 1.54) is 33.8 Å². The lowest BCUT2D eigenvalue weighted by Gasteiger charge is -2.48. The Morgan fingerprint density at radius 2 is 0.820 bits per heavy atom. The van der Waals surface area contributed by atoms with Gasteiger partial charge in [-0.15, -0.1) is 0 Å². The fraction of sp³-hybridized carbons (Fsp3) is 0.610. The summed E-state index contributed by atoms with van der Waals surface area (Å²) in [5, 5.41) is 1.92. The molecule has 0 saturated carbocycles. The largest absolute Gasteiger partial charge is 0.401 e. The second kappa shape index (κ2) is 14.3. The highest BCUT2D eigenvalue weighted by Gasteiger charge is 2.48. The van der Waals surface area contributed by atoms with E-state index in [0.717, 1.165) is 5.70 Å². The fourth-order valence-corrected chi connectivity index (χ4v) is 49.1. The van der Waals surface area contributed by atoms with Crippen LogP contribution in [0.25, 0.3) is 0 Å². The highest BCUT2D eigenvalue weighted by atomic mass is 28.4. The monoisotopic (exact) mass is 775 g/mol. The van der Waals surface area contributed by atoms with Crippen molar-refractivity contribution in [1.29, 1.82) is 0 Å². The molecule has 2 aromatic carbocycles. The Hall–Kier alpha value is -1.11. The molecule has 0 spiro atoms. The fourth-order valence-electron chi connectivity index (χ4n) is 11.0. The summed E-state index contributed by atoms with van der Waals surface area (Å²) in [4.78, 5) is 5.06. The summed E-state index contributed by atoms with van der Waals surface area (Å²) in [6.07, 6.45) is 2.35. The smallest absolute Gasteiger partial charge is 0.372 e. The molecule has 0 amide bonds. The van der Waals surface area contributed by atoms with Crippen molar-refractivity contribution in [3.05, 3.63) is 81.7 Å². The highest BCUT2D eigenvalue weighted by molar-refractivity contribution is 6.98. The minimum absolute atomic E-state index is 0.612. The lowest BCUT2D eigenvalue weighted by Crippen LogP contribution is -2.52. The third-order valence-electron chi connectivity index (χ3n) is 10.8. The lowest BCUT2D eigenvalue weighted by atomic mass is 9.89. The Labute approximate surface area is 318 Å². The van der Waals surface area contributed by atoms with Crippen LogP contribution in [-0.4, -0.2) is 56.0 Å². The molecule has 0 N–H and O–H groups in total. The highest BCUT2D eigenvalue weighted by Crippen LogP contribution is 2.51. The molecule has 277 valence electrons. The van der Waals surface area contributed by atoms with Crippen LogP contribution in [0, 0.1) is 20.8 Å². The standard InChI is InChI=1S/C41H76BN2Si6/c1-29-24-30(2)37(31(3)25-29)43-32(4)26-33(5)44(42-43)38-35(40(47(12,13)14)48(15,16)17)27-34(39(45(6,7)8)46(9,10)11)28-36(38)41(49(18,19)20)50(21,22)23/h24-28,39-41H,5H2,1-4,6-23H3. The van der Waals surface area contributed by atoms with E-state index in [0.29, 0.717) is 15.5 Å². The Morgan fingerprint density at radius 3 is 1.14 bits per heavy atom. The first-order valence-electron chi connectivity index (χ1n) is 19.2. The average molecular weight is 776 g/mol. The van der Waals surface area contributed by atoms with Gasteiger partial charge >= 0.3 is 7.55 Å². The van der Waals surface area contributed by atoms with Gasteiger partial charge in [-0.05, 0) is 77.1 Å². The number of hydrogen-bond acceptors (Lipinski definition) is 2. The second-order valence-electron chi connectivity index (χ2n) is 22.4. The third kappa shape index (κ3) is 9.33. The van der Waals surface area contributed by atoms with Gasteiger partial charge in [0.25, 0.3) is 0 Å².